The lowest BCUT2D eigenvalue weighted by Gasteiger charge is -2.33. The first kappa shape index (κ1) is 21.2. The molecule has 1 aromatic carbocycles. The summed E-state index contributed by atoms with van der Waals surface area (Å²) in [7, 11) is 1.30. The average molecular weight is 420 g/mol. The number of amides is 2. The van der Waals surface area contributed by atoms with Gasteiger partial charge in [0.1, 0.15) is 10.9 Å². The summed E-state index contributed by atoms with van der Waals surface area (Å²) in [5.41, 5.74) is 0.995. The van der Waals surface area contributed by atoms with Gasteiger partial charge in [0, 0.05) is 25.1 Å². The molecule has 2 amide bonds. The first-order valence-electron chi connectivity index (χ1n) is 9.50. The molecule has 8 nitrogen and oxygen atoms in total. The quantitative estimate of drug-likeness (QED) is 0.498. The van der Waals surface area contributed by atoms with Crippen molar-refractivity contribution in [3.8, 4) is 0 Å². The zero-order chi connectivity index (χ0) is 20.9. The largest absolute Gasteiger partial charge is 0.469 e. The van der Waals surface area contributed by atoms with Crippen molar-refractivity contribution in [1.82, 2.24) is 10.2 Å². The fourth-order valence-corrected chi connectivity index (χ4v) is 5.30. The molecule has 0 aliphatic carbocycles. The Hall–Kier alpha value is -2.55. The molecule has 0 unspecified atom stereocenters. The van der Waals surface area contributed by atoms with E-state index < -0.39 is 29.4 Å². The van der Waals surface area contributed by atoms with Crippen molar-refractivity contribution in [3.63, 3.8) is 0 Å². The van der Waals surface area contributed by atoms with E-state index in [2.05, 4.69) is 10.1 Å². The number of benzene rings is 1. The third-order valence-electron chi connectivity index (χ3n) is 5.08. The highest BCUT2D eigenvalue weighted by molar-refractivity contribution is 8.00. The standard InChI is InChI=1S/C20H24N2O6S/c1-27-18(25)8-5-11-21-16(23)12-28-19(26)15-13-29-20(10-9-17(24)22(15)20)14-6-3-2-4-7-14/h2-4,6-7,15H,5,8-13H2,1H3,(H,21,23)/t15-,20-/m0/s1. The third-order valence-corrected chi connectivity index (χ3v) is 6.67. The molecule has 0 radical (unpaired) electrons. The maximum absolute atomic E-state index is 12.6. The summed E-state index contributed by atoms with van der Waals surface area (Å²) in [5.74, 6) is -1.01. The highest BCUT2D eigenvalue weighted by atomic mass is 32.2. The summed E-state index contributed by atoms with van der Waals surface area (Å²) in [6.07, 6.45) is 1.67. The van der Waals surface area contributed by atoms with Gasteiger partial charge in [0.25, 0.3) is 5.91 Å². The number of fused-ring (bicyclic) bond motifs is 1. The van der Waals surface area contributed by atoms with Gasteiger partial charge in [-0.1, -0.05) is 30.3 Å². The van der Waals surface area contributed by atoms with Gasteiger partial charge in [0.05, 0.1) is 7.11 Å². The van der Waals surface area contributed by atoms with Crippen LogP contribution in [0.3, 0.4) is 0 Å². The lowest BCUT2D eigenvalue weighted by Crippen LogP contribution is -2.47. The monoisotopic (exact) mass is 420 g/mol. The molecular formula is C20H24N2O6S. The van der Waals surface area contributed by atoms with Crippen LogP contribution in [0.4, 0.5) is 0 Å². The molecule has 2 saturated heterocycles. The van der Waals surface area contributed by atoms with E-state index in [4.69, 9.17) is 4.74 Å². The fraction of sp³-hybridized carbons (Fsp3) is 0.500. The van der Waals surface area contributed by atoms with E-state index in [1.165, 1.54) is 7.11 Å². The van der Waals surface area contributed by atoms with Crippen LogP contribution in [-0.4, -0.2) is 60.7 Å². The number of ether oxygens (including phenoxy) is 2. The second-order valence-electron chi connectivity index (χ2n) is 6.88. The number of nitrogens with one attached hydrogen (secondary N) is 1. The second kappa shape index (κ2) is 9.30. The van der Waals surface area contributed by atoms with Gasteiger partial charge in [-0.25, -0.2) is 4.79 Å². The predicted octanol–water partition coefficient (Wildman–Crippen LogP) is 1.19. The number of rotatable bonds is 8. The summed E-state index contributed by atoms with van der Waals surface area (Å²) < 4.78 is 9.70. The van der Waals surface area contributed by atoms with Crippen molar-refractivity contribution >= 4 is 35.5 Å². The maximum atomic E-state index is 12.6. The van der Waals surface area contributed by atoms with Crippen LogP contribution in [0.2, 0.25) is 0 Å². The molecule has 3 rings (SSSR count). The van der Waals surface area contributed by atoms with Crippen molar-refractivity contribution in [2.24, 2.45) is 0 Å². The first-order chi connectivity index (χ1) is 14.0. The molecule has 0 bridgehead atoms. The minimum atomic E-state index is -0.706. The van der Waals surface area contributed by atoms with Crippen molar-refractivity contribution in [2.45, 2.75) is 36.6 Å². The zero-order valence-corrected chi connectivity index (χ0v) is 17.0. The van der Waals surface area contributed by atoms with E-state index in [0.29, 0.717) is 25.0 Å². The van der Waals surface area contributed by atoms with Crippen LogP contribution >= 0.6 is 11.8 Å². The summed E-state index contributed by atoms with van der Waals surface area (Å²) in [6.45, 7) is -0.134. The Labute approximate surface area is 173 Å². The minimum absolute atomic E-state index is 0.0759. The molecule has 2 atom stereocenters. The molecule has 2 aliphatic rings. The number of methoxy groups -OCH3 is 1. The molecule has 2 fully saturated rings. The molecule has 156 valence electrons. The van der Waals surface area contributed by atoms with Gasteiger partial charge < -0.3 is 19.7 Å². The number of carbonyl (C=O) groups excluding carboxylic acids is 4. The molecule has 0 saturated carbocycles. The Morgan fingerprint density at radius 1 is 1.28 bits per heavy atom. The van der Waals surface area contributed by atoms with Crippen LogP contribution in [0.25, 0.3) is 0 Å². The van der Waals surface area contributed by atoms with Gasteiger partial charge in [-0.05, 0) is 18.4 Å². The van der Waals surface area contributed by atoms with Gasteiger partial charge in [-0.15, -0.1) is 11.8 Å². The maximum Gasteiger partial charge on any atom is 0.330 e. The number of nitrogens with zero attached hydrogens (tertiary/aromatic N) is 1. The average Bonchev–Trinajstić information content (AvgIpc) is 3.29. The Morgan fingerprint density at radius 2 is 2.03 bits per heavy atom. The first-order valence-corrected chi connectivity index (χ1v) is 10.5. The summed E-state index contributed by atoms with van der Waals surface area (Å²) in [5, 5.41) is 2.59. The van der Waals surface area contributed by atoms with Crippen molar-refractivity contribution in [2.75, 3.05) is 26.0 Å². The third kappa shape index (κ3) is 4.55. The van der Waals surface area contributed by atoms with Crippen LogP contribution < -0.4 is 5.32 Å². The number of carbonyl (C=O) groups is 4. The van der Waals surface area contributed by atoms with E-state index in [-0.39, 0.29) is 24.8 Å². The molecular weight excluding hydrogens is 396 g/mol. The van der Waals surface area contributed by atoms with Crippen molar-refractivity contribution < 1.29 is 28.7 Å². The molecule has 29 heavy (non-hydrogen) atoms. The smallest absolute Gasteiger partial charge is 0.330 e. The predicted molar refractivity (Wildman–Crippen MR) is 106 cm³/mol. The van der Waals surface area contributed by atoms with E-state index in [1.54, 1.807) is 16.7 Å². The number of hydrogen-bond acceptors (Lipinski definition) is 7. The molecule has 0 spiro atoms. The van der Waals surface area contributed by atoms with E-state index in [1.807, 2.05) is 30.3 Å². The van der Waals surface area contributed by atoms with Gasteiger partial charge in [-0.3, -0.25) is 14.4 Å². The fourth-order valence-electron chi connectivity index (χ4n) is 3.66. The summed E-state index contributed by atoms with van der Waals surface area (Å²) >= 11 is 1.57. The molecule has 9 heteroatoms. The van der Waals surface area contributed by atoms with Crippen molar-refractivity contribution in [1.29, 1.82) is 0 Å². The van der Waals surface area contributed by atoms with Crippen molar-refractivity contribution in [3.05, 3.63) is 35.9 Å². The van der Waals surface area contributed by atoms with E-state index in [9.17, 15) is 19.2 Å². The van der Waals surface area contributed by atoms with Crippen LogP contribution in [0.1, 0.15) is 31.2 Å². The molecule has 1 aromatic rings. The second-order valence-corrected chi connectivity index (χ2v) is 8.18. The highest BCUT2D eigenvalue weighted by Gasteiger charge is 2.57. The van der Waals surface area contributed by atoms with Crippen LogP contribution in [0.15, 0.2) is 30.3 Å². The Bertz CT molecular complexity index is 786. The lowest BCUT2D eigenvalue weighted by molar-refractivity contribution is -0.156. The Kier molecular flexibility index (Phi) is 6.79. The normalized spacial score (nSPS) is 22.9. The molecule has 1 N–H and O–H groups in total. The van der Waals surface area contributed by atoms with Gasteiger partial charge in [-0.2, -0.15) is 0 Å². The molecule has 2 aliphatic heterocycles. The molecule has 0 aromatic heterocycles. The topological polar surface area (TPSA) is 102 Å². The Morgan fingerprint density at radius 3 is 2.76 bits per heavy atom. The van der Waals surface area contributed by atoms with Crippen LogP contribution in [0.5, 0.6) is 0 Å². The van der Waals surface area contributed by atoms with E-state index >= 15 is 0 Å². The summed E-state index contributed by atoms with van der Waals surface area (Å²) in [6, 6.07) is 8.98. The van der Waals surface area contributed by atoms with Gasteiger partial charge >= 0.3 is 11.9 Å². The summed E-state index contributed by atoms with van der Waals surface area (Å²) in [4.78, 5) is 49.1. The van der Waals surface area contributed by atoms with Gasteiger partial charge in [0.2, 0.25) is 5.91 Å². The lowest BCUT2D eigenvalue weighted by atomic mass is 10.0. The van der Waals surface area contributed by atoms with Crippen LogP contribution in [-0.2, 0) is 33.5 Å². The number of hydrogen-bond donors (Lipinski definition) is 1. The van der Waals surface area contributed by atoms with Crippen LogP contribution in [0, 0.1) is 0 Å². The minimum Gasteiger partial charge on any atom is -0.469 e. The highest BCUT2D eigenvalue weighted by Crippen LogP contribution is 2.54. The SMILES string of the molecule is COC(=O)CCCNC(=O)COC(=O)[C@@H]1CS[C@]2(c3ccccc3)CCC(=O)N12. The van der Waals surface area contributed by atoms with Gasteiger partial charge in [0.15, 0.2) is 6.61 Å². The van der Waals surface area contributed by atoms with E-state index in [0.717, 1.165) is 5.56 Å². The molecule has 2 heterocycles. The zero-order valence-electron chi connectivity index (χ0n) is 16.2. The number of esters is 2. The Balaban J connectivity index is 1.53. The number of thioether (sulfide) groups is 1.